The van der Waals surface area contributed by atoms with Gasteiger partial charge in [0.25, 0.3) is 11.5 Å². The second kappa shape index (κ2) is 16.0. The summed E-state index contributed by atoms with van der Waals surface area (Å²) in [6.07, 6.45) is 1.69. The maximum atomic E-state index is 13.6. The van der Waals surface area contributed by atoms with Crippen LogP contribution >= 0.6 is 0 Å². The molecule has 1 aliphatic rings. The van der Waals surface area contributed by atoms with Crippen molar-refractivity contribution in [2.24, 2.45) is 5.92 Å². The third-order valence-corrected chi connectivity index (χ3v) is 8.56. The van der Waals surface area contributed by atoms with E-state index in [1.165, 1.54) is 6.92 Å². The lowest BCUT2D eigenvalue weighted by atomic mass is 9.90. The maximum Gasteiger partial charge on any atom is 0.254 e. The average Bonchev–Trinajstić information content (AvgIpc) is 3.30. The first-order valence-corrected chi connectivity index (χ1v) is 15.7. The van der Waals surface area contributed by atoms with Gasteiger partial charge in [-0.3, -0.25) is 19.2 Å². The number of nitrogens with zero attached hydrogens (tertiary/aromatic N) is 2. The highest BCUT2D eigenvalue weighted by Gasteiger charge is 2.30. The van der Waals surface area contributed by atoms with Crippen LogP contribution in [0.1, 0.15) is 65.6 Å². The quantitative estimate of drug-likeness (QED) is 0.248. The molecule has 4 rings (SSSR count). The van der Waals surface area contributed by atoms with Crippen LogP contribution in [0.5, 0.6) is 0 Å². The number of rotatable bonds is 15. The van der Waals surface area contributed by atoms with Gasteiger partial charge in [-0.2, -0.15) is 0 Å². The number of carbonyl (C=O) groups excluding carboxylic acids is 3. The Labute approximate surface area is 264 Å². The molecule has 1 atom stereocenters. The molecule has 0 aliphatic carbocycles. The van der Waals surface area contributed by atoms with E-state index in [9.17, 15) is 19.2 Å². The number of aromatic nitrogens is 2. The Morgan fingerprint density at radius 2 is 1.62 bits per heavy atom. The Morgan fingerprint density at radius 1 is 0.978 bits per heavy atom. The summed E-state index contributed by atoms with van der Waals surface area (Å²) in [5, 5.41) is 3.87. The molecule has 1 aromatic carbocycles. The number of piperidine rings is 1. The van der Waals surface area contributed by atoms with Gasteiger partial charge in [0.1, 0.15) is 13.2 Å². The van der Waals surface area contributed by atoms with Crippen LogP contribution in [0.3, 0.4) is 0 Å². The molecule has 1 saturated heterocycles. The maximum absolute atomic E-state index is 13.6. The zero-order chi connectivity index (χ0) is 32.5. The number of ketones is 1. The van der Waals surface area contributed by atoms with Crippen LogP contribution < -0.4 is 10.9 Å². The Morgan fingerprint density at radius 3 is 2.29 bits per heavy atom. The predicted molar refractivity (Wildman–Crippen MR) is 172 cm³/mol. The molecule has 0 bridgehead atoms. The highest BCUT2D eigenvalue weighted by molar-refractivity contribution is 6.08. The van der Waals surface area contributed by atoms with Crippen LogP contribution in [0, 0.1) is 26.7 Å². The van der Waals surface area contributed by atoms with Crippen molar-refractivity contribution in [1.29, 1.82) is 0 Å². The van der Waals surface area contributed by atoms with Crippen LogP contribution in [0.2, 0.25) is 0 Å². The topological polar surface area (TPSA) is 132 Å². The number of hydrogen-bond donors (Lipinski definition) is 2. The van der Waals surface area contributed by atoms with E-state index in [1.807, 2.05) is 56.0 Å². The molecule has 2 amide bonds. The molecule has 2 N–H and O–H groups in total. The largest absolute Gasteiger partial charge is 0.377 e. The Balaban J connectivity index is 1.31. The molecule has 244 valence electrons. The van der Waals surface area contributed by atoms with Gasteiger partial charge in [-0.05, 0) is 71.1 Å². The van der Waals surface area contributed by atoms with E-state index in [1.54, 1.807) is 0 Å². The van der Waals surface area contributed by atoms with Crippen LogP contribution in [0.25, 0.3) is 10.9 Å². The molecular weight excluding hydrogens is 576 g/mol. The number of likely N-dealkylation sites (tertiary alicyclic amines) is 1. The molecule has 1 fully saturated rings. The van der Waals surface area contributed by atoms with E-state index in [0.717, 1.165) is 40.7 Å². The third-order valence-electron chi connectivity index (χ3n) is 8.56. The number of ether oxygens (including phenoxy) is 3. The molecular formula is C34H46N4O7. The second-order valence-corrected chi connectivity index (χ2v) is 11.9. The van der Waals surface area contributed by atoms with Crippen molar-refractivity contribution < 1.29 is 28.6 Å². The number of pyridine rings is 1. The van der Waals surface area contributed by atoms with Crippen molar-refractivity contribution in [3.05, 3.63) is 68.8 Å². The summed E-state index contributed by atoms with van der Waals surface area (Å²) >= 11 is 0. The number of hydrogen-bond acceptors (Lipinski definition) is 7. The van der Waals surface area contributed by atoms with Crippen LogP contribution in [-0.2, 0) is 30.3 Å². The van der Waals surface area contributed by atoms with Crippen molar-refractivity contribution in [2.45, 2.75) is 60.0 Å². The molecule has 1 aliphatic heterocycles. The first-order valence-electron chi connectivity index (χ1n) is 15.7. The normalized spacial score (nSPS) is 14.6. The van der Waals surface area contributed by atoms with Gasteiger partial charge >= 0.3 is 0 Å². The molecule has 3 aromatic rings. The van der Waals surface area contributed by atoms with Crippen molar-refractivity contribution in [3.63, 3.8) is 0 Å². The molecule has 3 heterocycles. The summed E-state index contributed by atoms with van der Waals surface area (Å²) in [6, 6.07) is 9.96. The summed E-state index contributed by atoms with van der Waals surface area (Å²) in [6.45, 7) is 12.3. The number of Topliss-reactive ketones (excluding diaryl/α,β-unsaturated/α-hetero) is 1. The fourth-order valence-electron chi connectivity index (χ4n) is 6.21. The minimum atomic E-state index is -0.207. The number of carbonyl (C=O) groups is 3. The number of aromatic amines is 1. The van der Waals surface area contributed by atoms with E-state index >= 15 is 0 Å². The Kier molecular flexibility index (Phi) is 12.1. The van der Waals surface area contributed by atoms with E-state index in [2.05, 4.69) is 21.8 Å². The van der Waals surface area contributed by atoms with Crippen LogP contribution in [0.15, 0.2) is 35.1 Å². The number of nitrogens with one attached hydrogen (secondary N) is 2. The Bertz CT molecular complexity index is 1550. The Hall–Kier alpha value is -3.80. The van der Waals surface area contributed by atoms with Gasteiger partial charge in [0.15, 0.2) is 5.78 Å². The van der Waals surface area contributed by atoms with Crippen LogP contribution in [-0.4, -0.2) is 84.8 Å². The van der Waals surface area contributed by atoms with Crippen molar-refractivity contribution in [2.75, 3.05) is 52.7 Å². The summed E-state index contributed by atoms with van der Waals surface area (Å²) in [5.41, 5.74) is 4.50. The number of amides is 2. The summed E-state index contributed by atoms with van der Waals surface area (Å²) in [4.78, 5) is 54.3. The first kappa shape index (κ1) is 34.1. The number of H-pyrrole nitrogens is 1. The van der Waals surface area contributed by atoms with Gasteiger partial charge in [-0.25, -0.2) is 0 Å². The highest BCUT2D eigenvalue weighted by atomic mass is 16.5. The number of benzene rings is 1. The standard InChI is InChI=1S/C34H46N4O7/c1-22-18-23(2)36-33(41)29(22)19-35-34(42)32-26(5)38(30-9-7-6-8-28(30)32)25(4)27-10-12-37(13-11-27)31(40)21-45-17-15-43-14-16-44-20-24(3)39/h6-9,18,25,27H,10-17,19-21H2,1-5H3,(H,35,42)(H,36,41). The minimum Gasteiger partial charge on any atom is -0.377 e. The van der Waals surface area contributed by atoms with Crippen molar-refractivity contribution in [3.8, 4) is 0 Å². The summed E-state index contributed by atoms with van der Waals surface area (Å²) in [5.74, 6) is 0.0617. The third kappa shape index (κ3) is 8.68. The number of fused-ring (bicyclic) bond motifs is 1. The minimum absolute atomic E-state index is 0.0121. The molecule has 11 nitrogen and oxygen atoms in total. The van der Waals surface area contributed by atoms with Gasteiger partial charge in [-0.15, -0.1) is 0 Å². The average molecular weight is 623 g/mol. The van der Waals surface area contributed by atoms with E-state index < -0.39 is 0 Å². The predicted octanol–water partition coefficient (Wildman–Crippen LogP) is 3.62. The van der Waals surface area contributed by atoms with E-state index in [-0.39, 0.29) is 49.0 Å². The van der Waals surface area contributed by atoms with Gasteiger partial charge < -0.3 is 34.0 Å². The van der Waals surface area contributed by atoms with Gasteiger partial charge in [0.05, 0.1) is 32.0 Å². The highest BCUT2D eigenvalue weighted by Crippen LogP contribution is 2.35. The lowest BCUT2D eigenvalue weighted by Crippen LogP contribution is -2.42. The van der Waals surface area contributed by atoms with Gasteiger partial charge in [-0.1, -0.05) is 18.2 Å². The van der Waals surface area contributed by atoms with Crippen LogP contribution in [0.4, 0.5) is 0 Å². The second-order valence-electron chi connectivity index (χ2n) is 11.9. The number of aryl methyl sites for hydroxylation is 2. The molecule has 1 unspecified atom stereocenters. The smallest absolute Gasteiger partial charge is 0.254 e. The fraction of sp³-hybridized carbons (Fsp3) is 0.529. The fourth-order valence-corrected chi connectivity index (χ4v) is 6.21. The molecule has 2 aromatic heterocycles. The lowest BCUT2D eigenvalue weighted by molar-refractivity contribution is -0.138. The zero-order valence-corrected chi connectivity index (χ0v) is 27.1. The molecule has 0 radical (unpaired) electrons. The monoisotopic (exact) mass is 622 g/mol. The SMILES string of the molecule is CC(=O)COCCOCCOCC(=O)N1CCC(C(C)n2c(C)c(C(=O)NCc3c(C)cc(C)[nH]c3=O)c3ccccc32)CC1. The molecule has 0 saturated carbocycles. The zero-order valence-electron chi connectivity index (χ0n) is 27.1. The van der Waals surface area contributed by atoms with Crippen molar-refractivity contribution in [1.82, 2.24) is 19.8 Å². The number of para-hydroxylation sites is 1. The first-order chi connectivity index (χ1) is 21.6. The van der Waals surface area contributed by atoms with Crippen molar-refractivity contribution >= 4 is 28.5 Å². The molecule has 11 heteroatoms. The molecule has 0 spiro atoms. The summed E-state index contributed by atoms with van der Waals surface area (Å²) in [7, 11) is 0. The lowest BCUT2D eigenvalue weighted by Gasteiger charge is -2.36. The molecule has 45 heavy (non-hydrogen) atoms. The summed E-state index contributed by atoms with van der Waals surface area (Å²) < 4.78 is 18.3. The van der Waals surface area contributed by atoms with Gasteiger partial charge in [0.2, 0.25) is 5.91 Å². The van der Waals surface area contributed by atoms with E-state index in [4.69, 9.17) is 14.2 Å². The van der Waals surface area contributed by atoms with Gasteiger partial charge in [0, 0.05) is 53.5 Å². The van der Waals surface area contributed by atoms with E-state index in [0.29, 0.717) is 56.6 Å².